The van der Waals surface area contributed by atoms with Crippen LogP contribution in [0.4, 0.5) is 0 Å². The zero-order chi connectivity index (χ0) is 20.4. The number of benzene rings is 2. The second-order valence-corrected chi connectivity index (χ2v) is 7.92. The predicted octanol–water partition coefficient (Wildman–Crippen LogP) is 4.09. The third kappa shape index (κ3) is 3.95. The molecule has 2 heterocycles. The number of halogens is 1. The average Bonchev–Trinajstić information content (AvgIpc) is 2.73. The first kappa shape index (κ1) is 19.4. The largest absolute Gasteiger partial charge is 0.456 e. The van der Waals surface area contributed by atoms with Crippen molar-refractivity contribution in [1.82, 2.24) is 4.98 Å². The van der Waals surface area contributed by atoms with E-state index in [0.29, 0.717) is 27.8 Å². The first-order valence-corrected chi connectivity index (χ1v) is 10.6. The van der Waals surface area contributed by atoms with Crippen LogP contribution in [0.25, 0.3) is 11.3 Å². The summed E-state index contributed by atoms with van der Waals surface area (Å²) < 4.78 is 28.2. The minimum absolute atomic E-state index is 0.0245. The van der Waals surface area contributed by atoms with E-state index in [4.69, 9.17) is 16.3 Å². The number of pyridine rings is 1. The molecule has 1 aromatic heterocycles. The van der Waals surface area contributed by atoms with Crippen molar-refractivity contribution in [3.05, 3.63) is 94.3 Å². The SMILES string of the molecule is O=CC1C(c2ccc(Cl)nc2)=C(c2ccc(C[SH](=O)=O)cc2)Oc2ccccc21. The Morgan fingerprint density at radius 1 is 1.00 bits per heavy atom. The van der Waals surface area contributed by atoms with Gasteiger partial charge in [-0.05, 0) is 23.8 Å². The van der Waals surface area contributed by atoms with Crippen molar-refractivity contribution in [3.63, 3.8) is 0 Å². The van der Waals surface area contributed by atoms with Gasteiger partial charge in [0.2, 0.25) is 0 Å². The van der Waals surface area contributed by atoms with Gasteiger partial charge in [0, 0.05) is 28.5 Å². The van der Waals surface area contributed by atoms with Crippen LogP contribution in [0.5, 0.6) is 5.75 Å². The number of allylic oxidation sites excluding steroid dienone is 1. The number of carbonyl (C=O) groups excluding carboxylic acids is 1. The fourth-order valence-corrected chi connectivity index (χ4v) is 4.02. The lowest BCUT2D eigenvalue weighted by Gasteiger charge is -2.28. The maximum absolute atomic E-state index is 12.1. The number of thiol groups is 1. The molecule has 1 atom stereocenters. The second kappa shape index (κ2) is 8.19. The fraction of sp³-hybridized carbons (Fsp3) is 0.0909. The molecule has 1 unspecified atom stereocenters. The molecule has 3 aromatic rings. The van der Waals surface area contributed by atoms with Crippen LogP contribution in [0.15, 0.2) is 66.9 Å². The normalized spacial score (nSPS) is 15.7. The third-order valence-corrected chi connectivity index (χ3v) is 5.57. The summed E-state index contributed by atoms with van der Waals surface area (Å²) in [5, 5.41) is 0.353. The number of hydrogen-bond donors (Lipinski definition) is 1. The summed E-state index contributed by atoms with van der Waals surface area (Å²) in [5.74, 6) is 0.581. The van der Waals surface area contributed by atoms with E-state index in [1.54, 1.807) is 42.6 Å². The van der Waals surface area contributed by atoms with Crippen molar-refractivity contribution in [3.8, 4) is 5.75 Å². The van der Waals surface area contributed by atoms with Gasteiger partial charge in [-0.25, -0.2) is 13.4 Å². The molecule has 1 aliphatic rings. The fourth-order valence-electron chi connectivity index (χ4n) is 3.40. The monoisotopic (exact) mass is 425 g/mol. The van der Waals surface area contributed by atoms with E-state index in [1.165, 1.54) is 0 Å². The predicted molar refractivity (Wildman–Crippen MR) is 112 cm³/mol. The maximum Gasteiger partial charge on any atom is 0.144 e. The Bertz CT molecular complexity index is 1160. The smallest absolute Gasteiger partial charge is 0.144 e. The lowest BCUT2D eigenvalue weighted by molar-refractivity contribution is -0.108. The number of aromatic nitrogens is 1. The van der Waals surface area contributed by atoms with Gasteiger partial charge in [-0.3, -0.25) is 0 Å². The molecule has 0 saturated carbocycles. The summed E-state index contributed by atoms with van der Waals surface area (Å²) in [6.07, 6.45) is 2.50. The Kier molecular flexibility index (Phi) is 5.47. The molecule has 0 bridgehead atoms. The molecule has 146 valence electrons. The lowest BCUT2D eigenvalue weighted by atomic mass is 9.84. The van der Waals surface area contributed by atoms with Gasteiger partial charge in [0.05, 0.1) is 11.7 Å². The summed E-state index contributed by atoms with van der Waals surface area (Å²) >= 11 is 5.94. The lowest BCUT2D eigenvalue weighted by Crippen LogP contribution is -2.16. The molecule has 0 fully saturated rings. The van der Waals surface area contributed by atoms with E-state index >= 15 is 0 Å². The second-order valence-electron chi connectivity index (χ2n) is 6.55. The summed E-state index contributed by atoms with van der Waals surface area (Å²) in [4.78, 5) is 16.3. The highest BCUT2D eigenvalue weighted by atomic mass is 35.5. The van der Waals surface area contributed by atoms with Crippen LogP contribution < -0.4 is 4.74 Å². The Hall–Kier alpha value is -2.96. The van der Waals surface area contributed by atoms with Crippen molar-refractivity contribution in [2.24, 2.45) is 0 Å². The van der Waals surface area contributed by atoms with E-state index in [1.807, 2.05) is 24.3 Å². The van der Waals surface area contributed by atoms with Crippen molar-refractivity contribution in [2.75, 3.05) is 0 Å². The first-order valence-electron chi connectivity index (χ1n) is 8.86. The Morgan fingerprint density at radius 3 is 2.38 bits per heavy atom. The Labute approximate surface area is 174 Å². The van der Waals surface area contributed by atoms with E-state index in [2.05, 4.69) is 4.98 Å². The van der Waals surface area contributed by atoms with Crippen molar-refractivity contribution >= 4 is 39.9 Å². The molecule has 0 N–H and O–H groups in total. The molecule has 29 heavy (non-hydrogen) atoms. The van der Waals surface area contributed by atoms with Crippen molar-refractivity contribution in [2.45, 2.75) is 11.7 Å². The van der Waals surface area contributed by atoms with Crippen molar-refractivity contribution in [1.29, 1.82) is 0 Å². The first-order chi connectivity index (χ1) is 14.1. The maximum atomic E-state index is 12.1. The molecule has 0 radical (unpaired) electrons. The number of carbonyl (C=O) groups is 1. The summed E-state index contributed by atoms with van der Waals surface area (Å²) in [6, 6.07) is 17.9. The number of para-hydroxylation sites is 1. The number of nitrogens with zero attached hydrogens (tertiary/aromatic N) is 1. The number of aldehydes is 1. The van der Waals surface area contributed by atoms with Gasteiger partial charge in [-0.1, -0.05) is 54.1 Å². The Morgan fingerprint density at radius 2 is 1.72 bits per heavy atom. The van der Waals surface area contributed by atoms with Crippen LogP contribution in [0.2, 0.25) is 5.15 Å². The quantitative estimate of drug-likeness (QED) is 0.378. The van der Waals surface area contributed by atoms with Gasteiger partial charge in [-0.15, -0.1) is 0 Å². The topological polar surface area (TPSA) is 73.3 Å². The zero-order valence-electron chi connectivity index (χ0n) is 15.1. The van der Waals surface area contributed by atoms with E-state index in [9.17, 15) is 13.2 Å². The third-order valence-electron chi connectivity index (χ3n) is 4.72. The van der Waals surface area contributed by atoms with Crippen molar-refractivity contribution < 1.29 is 17.9 Å². The van der Waals surface area contributed by atoms with Crippen LogP contribution in [-0.4, -0.2) is 19.7 Å². The average molecular weight is 426 g/mol. The minimum atomic E-state index is -2.50. The molecule has 0 saturated heterocycles. The molecule has 0 amide bonds. The molecule has 1 aliphatic heterocycles. The molecule has 4 rings (SSSR count). The van der Waals surface area contributed by atoms with Gasteiger partial charge in [0.1, 0.15) is 33.7 Å². The van der Waals surface area contributed by atoms with Gasteiger partial charge >= 0.3 is 0 Å². The molecule has 2 aromatic carbocycles. The molecular formula is C22H16ClNO4S. The molecular weight excluding hydrogens is 410 g/mol. The number of fused-ring (bicyclic) bond motifs is 1. The molecule has 5 nitrogen and oxygen atoms in total. The van der Waals surface area contributed by atoms with Crippen LogP contribution in [-0.2, 0) is 21.3 Å². The molecule has 0 aliphatic carbocycles. The Balaban J connectivity index is 1.89. The summed E-state index contributed by atoms with van der Waals surface area (Å²) in [7, 11) is -2.50. The van der Waals surface area contributed by atoms with Gasteiger partial charge in [0.15, 0.2) is 0 Å². The van der Waals surface area contributed by atoms with Crippen LogP contribution in [0.1, 0.15) is 28.2 Å². The minimum Gasteiger partial charge on any atom is -0.456 e. The van der Waals surface area contributed by atoms with Gasteiger partial charge in [-0.2, -0.15) is 0 Å². The zero-order valence-corrected chi connectivity index (χ0v) is 16.8. The van der Waals surface area contributed by atoms with Crippen LogP contribution in [0, 0.1) is 0 Å². The highest BCUT2D eigenvalue weighted by Crippen LogP contribution is 2.45. The number of ether oxygens (including phenoxy) is 1. The summed E-state index contributed by atoms with van der Waals surface area (Å²) in [5.41, 5.74) is 3.61. The molecule has 7 heteroatoms. The van der Waals surface area contributed by atoms with Gasteiger partial charge in [0.25, 0.3) is 0 Å². The van der Waals surface area contributed by atoms with Gasteiger partial charge < -0.3 is 9.53 Å². The standard InChI is InChI=1S/C22H16ClNO4S/c23-20-10-9-16(11-24-20)21-18(12-25)17-3-1-2-4-19(17)28-22(21)15-7-5-14(6-8-15)13-29(26)27/h1-12,18,29H,13H2. The van der Waals surface area contributed by atoms with E-state index < -0.39 is 16.6 Å². The molecule has 0 spiro atoms. The number of rotatable bonds is 5. The summed E-state index contributed by atoms with van der Waals surface area (Å²) in [6.45, 7) is 0. The highest BCUT2D eigenvalue weighted by molar-refractivity contribution is 7.71. The van der Waals surface area contributed by atoms with E-state index in [0.717, 1.165) is 23.0 Å². The van der Waals surface area contributed by atoms with Crippen LogP contribution in [0.3, 0.4) is 0 Å². The highest BCUT2D eigenvalue weighted by Gasteiger charge is 2.31. The number of hydrogen-bond acceptors (Lipinski definition) is 5. The van der Waals surface area contributed by atoms with Crippen LogP contribution >= 0.6 is 11.6 Å². The van der Waals surface area contributed by atoms with E-state index in [-0.39, 0.29) is 5.75 Å².